The molecule has 39 heavy (non-hydrogen) atoms. The molecular weight excluding hydrogens is 572 g/mol. The number of carbonyl (C=O) groups is 2. The Morgan fingerprint density at radius 2 is 1.64 bits per heavy atom. The van der Waals surface area contributed by atoms with Gasteiger partial charge in [0, 0.05) is 16.1 Å². The van der Waals surface area contributed by atoms with Gasteiger partial charge in [0.05, 0.1) is 34.4 Å². The van der Waals surface area contributed by atoms with E-state index in [-0.39, 0.29) is 12.1 Å². The zero-order valence-electron chi connectivity index (χ0n) is 20.3. The molecule has 0 fully saturated rings. The molecule has 0 saturated carbocycles. The molecule has 0 aliphatic carbocycles. The first-order valence-corrected chi connectivity index (χ1v) is 12.7. The summed E-state index contributed by atoms with van der Waals surface area (Å²) in [5, 5.41) is 8.16. The first-order chi connectivity index (χ1) is 18.5. The maximum Gasteiger partial charge on any atom is 0.416 e. The van der Waals surface area contributed by atoms with Crippen LogP contribution in [-0.2, 0) is 17.4 Å². The molecule has 0 radical (unpaired) electrons. The van der Waals surface area contributed by atoms with Gasteiger partial charge in [-0.05, 0) is 48.9 Å². The Bertz CT molecular complexity index is 1510. The number of nitrogens with zero attached hydrogens (tertiary/aromatic N) is 2. The van der Waals surface area contributed by atoms with E-state index in [1.54, 1.807) is 55.5 Å². The molecule has 2 amide bonds. The average molecular weight is 593 g/mol. The predicted molar refractivity (Wildman–Crippen MR) is 147 cm³/mol. The Hall–Kier alpha value is -3.47. The molecule has 0 spiro atoms. The zero-order chi connectivity index (χ0) is 28.3. The number of benzene rings is 3. The van der Waals surface area contributed by atoms with Crippen LogP contribution < -0.4 is 10.0 Å². The van der Waals surface area contributed by atoms with Crippen LogP contribution in [0, 0.1) is 0 Å². The van der Waals surface area contributed by atoms with Gasteiger partial charge in [-0.15, -0.1) is 0 Å². The third kappa shape index (κ3) is 6.41. The highest BCUT2D eigenvalue weighted by molar-refractivity contribution is 7.78. The van der Waals surface area contributed by atoms with Gasteiger partial charge in [-0.25, -0.2) is 4.68 Å². The third-order valence-corrected chi connectivity index (χ3v) is 6.77. The highest BCUT2D eigenvalue weighted by Gasteiger charge is 2.31. The van der Waals surface area contributed by atoms with E-state index >= 15 is 0 Å². The quantitative estimate of drug-likeness (QED) is 0.205. The maximum atomic E-state index is 13.5. The number of alkyl halides is 3. The number of carbonyl (C=O) groups excluding carboxylic acids is 2. The summed E-state index contributed by atoms with van der Waals surface area (Å²) in [5.41, 5.74) is 1.40. The fourth-order valence-electron chi connectivity index (χ4n) is 4.01. The molecule has 1 atom stereocenters. The fourth-order valence-corrected chi connectivity index (χ4v) is 4.43. The molecule has 0 saturated heterocycles. The number of rotatable bonds is 7. The van der Waals surface area contributed by atoms with Gasteiger partial charge in [0.2, 0.25) is 5.91 Å². The van der Waals surface area contributed by atoms with Crippen molar-refractivity contribution in [2.75, 3.05) is 0 Å². The van der Waals surface area contributed by atoms with Crippen molar-refractivity contribution < 1.29 is 22.8 Å². The SMILES string of the molecule is C[C@@H](NC(=O)c1nn(-c2ccccc2Cl)c(-c2ccc(Cl)cc2)c1CC(=O)NS)c1ccc(C(F)(F)F)cc1. The van der Waals surface area contributed by atoms with Crippen molar-refractivity contribution in [2.24, 2.45) is 0 Å². The molecule has 202 valence electrons. The van der Waals surface area contributed by atoms with Crippen molar-refractivity contribution in [2.45, 2.75) is 25.6 Å². The predicted octanol–water partition coefficient (Wildman–Crippen LogP) is 6.86. The molecule has 0 aliphatic rings. The summed E-state index contributed by atoms with van der Waals surface area (Å²) in [6, 6.07) is 17.5. The van der Waals surface area contributed by atoms with Gasteiger partial charge in [-0.2, -0.15) is 18.3 Å². The summed E-state index contributed by atoms with van der Waals surface area (Å²) in [7, 11) is 0. The monoisotopic (exact) mass is 592 g/mol. The van der Waals surface area contributed by atoms with E-state index in [4.69, 9.17) is 23.2 Å². The van der Waals surface area contributed by atoms with Gasteiger partial charge < -0.3 is 10.0 Å². The van der Waals surface area contributed by atoms with E-state index in [1.807, 2.05) is 0 Å². The van der Waals surface area contributed by atoms with Crippen molar-refractivity contribution in [1.29, 1.82) is 0 Å². The van der Waals surface area contributed by atoms with Crippen molar-refractivity contribution >= 4 is 47.8 Å². The largest absolute Gasteiger partial charge is 0.416 e. The number of nitrogens with one attached hydrogen (secondary N) is 2. The van der Waals surface area contributed by atoms with E-state index in [0.29, 0.717) is 38.1 Å². The molecule has 0 unspecified atom stereocenters. The highest BCUT2D eigenvalue weighted by Crippen LogP contribution is 2.34. The second-order valence-corrected chi connectivity index (χ2v) is 9.64. The number of hydrogen-bond acceptors (Lipinski definition) is 4. The van der Waals surface area contributed by atoms with E-state index in [2.05, 4.69) is 28.0 Å². The molecular formula is C27H21Cl2F3N4O2S. The molecule has 1 heterocycles. The fraction of sp³-hybridized carbons (Fsp3) is 0.148. The molecule has 3 aromatic carbocycles. The molecule has 6 nitrogen and oxygen atoms in total. The standard InChI is InChI=1S/C27H21Cl2F3N4O2S/c1-15(16-6-10-18(11-7-16)27(30,31)32)33-26(38)24-20(14-23(37)35-39)25(17-8-12-19(28)13-9-17)36(34-24)22-5-3-2-4-21(22)29/h2-13,15,39H,14H2,1H3,(H,33,38)(H,35,37)/t15-/m1/s1. The maximum absolute atomic E-state index is 13.5. The van der Waals surface area contributed by atoms with Gasteiger partial charge >= 0.3 is 6.18 Å². The van der Waals surface area contributed by atoms with Gasteiger partial charge in [0.1, 0.15) is 0 Å². The molecule has 4 rings (SSSR count). The summed E-state index contributed by atoms with van der Waals surface area (Å²) >= 11 is 16.4. The van der Waals surface area contributed by atoms with Gasteiger partial charge in [-0.3, -0.25) is 9.59 Å². The lowest BCUT2D eigenvalue weighted by Gasteiger charge is -2.15. The number of amides is 2. The lowest BCUT2D eigenvalue weighted by Crippen LogP contribution is -2.28. The highest BCUT2D eigenvalue weighted by atomic mass is 35.5. The minimum Gasteiger partial charge on any atom is -0.344 e. The van der Waals surface area contributed by atoms with E-state index in [9.17, 15) is 22.8 Å². The first-order valence-electron chi connectivity index (χ1n) is 11.5. The Labute approximate surface area is 237 Å². The normalized spacial score (nSPS) is 12.2. The average Bonchev–Trinajstić information content (AvgIpc) is 3.27. The minimum atomic E-state index is -4.48. The van der Waals surface area contributed by atoms with E-state index in [0.717, 1.165) is 12.1 Å². The second-order valence-electron chi connectivity index (χ2n) is 8.57. The Morgan fingerprint density at radius 1 is 1.00 bits per heavy atom. The van der Waals surface area contributed by atoms with E-state index in [1.165, 1.54) is 16.8 Å². The Morgan fingerprint density at radius 3 is 2.23 bits per heavy atom. The number of hydrogen-bond donors (Lipinski definition) is 3. The van der Waals surface area contributed by atoms with Gasteiger partial charge in [0.25, 0.3) is 5.91 Å². The summed E-state index contributed by atoms with van der Waals surface area (Å²) in [5.74, 6) is -1.12. The van der Waals surface area contributed by atoms with Gasteiger partial charge in [-0.1, -0.05) is 72.4 Å². The number of aromatic nitrogens is 2. The van der Waals surface area contributed by atoms with Crippen molar-refractivity contribution in [3.63, 3.8) is 0 Å². The van der Waals surface area contributed by atoms with E-state index < -0.39 is 29.6 Å². The summed E-state index contributed by atoms with van der Waals surface area (Å²) in [6.45, 7) is 1.63. The topological polar surface area (TPSA) is 76.0 Å². The van der Waals surface area contributed by atoms with Gasteiger partial charge in [0.15, 0.2) is 5.69 Å². The number of thiol groups is 1. The smallest absolute Gasteiger partial charge is 0.344 e. The molecule has 4 aromatic rings. The Balaban J connectivity index is 1.81. The van der Waals surface area contributed by atoms with Crippen LogP contribution in [0.2, 0.25) is 10.0 Å². The van der Waals surface area contributed by atoms with Crippen molar-refractivity contribution in [3.05, 3.63) is 105 Å². The first kappa shape index (κ1) is 28.5. The Kier molecular flexibility index (Phi) is 8.58. The van der Waals surface area contributed by atoms with Crippen LogP contribution in [0.25, 0.3) is 16.9 Å². The second kappa shape index (κ2) is 11.7. The summed E-state index contributed by atoms with van der Waals surface area (Å²) in [4.78, 5) is 26.0. The zero-order valence-corrected chi connectivity index (χ0v) is 22.7. The van der Waals surface area contributed by atoms with Crippen LogP contribution in [0.15, 0.2) is 72.8 Å². The molecule has 12 heteroatoms. The molecule has 0 aliphatic heterocycles. The number of halogens is 5. The van der Waals surface area contributed by atoms with Crippen LogP contribution in [-0.4, -0.2) is 21.6 Å². The lowest BCUT2D eigenvalue weighted by atomic mass is 10.0. The van der Waals surface area contributed by atoms with Crippen LogP contribution in [0.5, 0.6) is 0 Å². The van der Waals surface area contributed by atoms with Crippen LogP contribution >= 0.6 is 36.0 Å². The van der Waals surface area contributed by atoms with Crippen LogP contribution in [0.3, 0.4) is 0 Å². The third-order valence-electron chi connectivity index (χ3n) is 5.94. The number of para-hydroxylation sites is 1. The molecule has 1 aromatic heterocycles. The van der Waals surface area contributed by atoms with Crippen LogP contribution in [0.1, 0.15) is 40.1 Å². The summed E-state index contributed by atoms with van der Waals surface area (Å²) < 4.78 is 42.6. The molecule has 2 N–H and O–H groups in total. The van der Waals surface area contributed by atoms with Crippen molar-refractivity contribution in [1.82, 2.24) is 19.8 Å². The van der Waals surface area contributed by atoms with Crippen molar-refractivity contribution in [3.8, 4) is 16.9 Å². The summed E-state index contributed by atoms with van der Waals surface area (Å²) in [6.07, 6.45) is -4.72. The minimum absolute atomic E-state index is 0.0597. The lowest BCUT2D eigenvalue weighted by molar-refractivity contribution is -0.137. The molecule has 0 bridgehead atoms. The van der Waals surface area contributed by atoms with Crippen LogP contribution in [0.4, 0.5) is 13.2 Å².